The van der Waals surface area contributed by atoms with Crippen molar-refractivity contribution in [2.75, 3.05) is 20.8 Å². The Morgan fingerprint density at radius 3 is 2.32 bits per heavy atom. The Morgan fingerprint density at radius 1 is 1.08 bits per heavy atom. The molecular formula is C17H19BrClNO4S. The Bertz CT molecular complexity index is 858. The van der Waals surface area contributed by atoms with Crippen LogP contribution in [0, 0.1) is 0 Å². The van der Waals surface area contributed by atoms with Crippen LogP contribution in [0.15, 0.2) is 45.8 Å². The van der Waals surface area contributed by atoms with Gasteiger partial charge < -0.3 is 9.47 Å². The molecule has 136 valence electrons. The van der Waals surface area contributed by atoms with E-state index in [9.17, 15) is 8.42 Å². The maximum atomic E-state index is 12.9. The molecule has 0 amide bonds. The van der Waals surface area contributed by atoms with Gasteiger partial charge in [-0.15, -0.1) is 0 Å². The number of halogens is 2. The fraction of sp³-hybridized carbons (Fsp3) is 0.294. The molecule has 5 nitrogen and oxygen atoms in total. The number of hydrogen-bond donors (Lipinski definition) is 0. The van der Waals surface area contributed by atoms with Gasteiger partial charge in [0.15, 0.2) is 11.5 Å². The largest absolute Gasteiger partial charge is 0.493 e. The second-order valence-corrected chi connectivity index (χ2v) is 8.42. The summed E-state index contributed by atoms with van der Waals surface area (Å²) in [7, 11) is -0.633. The summed E-state index contributed by atoms with van der Waals surface area (Å²) in [6.45, 7) is 2.29. The lowest BCUT2D eigenvalue weighted by Crippen LogP contribution is -2.30. The normalized spacial score (nSPS) is 11.6. The summed E-state index contributed by atoms with van der Waals surface area (Å²) >= 11 is 9.41. The highest BCUT2D eigenvalue weighted by Gasteiger charge is 2.26. The lowest BCUT2D eigenvalue weighted by Gasteiger charge is -2.22. The van der Waals surface area contributed by atoms with E-state index < -0.39 is 10.0 Å². The van der Waals surface area contributed by atoms with Crippen molar-refractivity contribution in [1.82, 2.24) is 4.31 Å². The van der Waals surface area contributed by atoms with E-state index in [0.717, 1.165) is 10.0 Å². The highest BCUT2D eigenvalue weighted by atomic mass is 79.9. The van der Waals surface area contributed by atoms with Crippen LogP contribution < -0.4 is 9.47 Å². The third kappa shape index (κ3) is 4.47. The quantitative estimate of drug-likeness (QED) is 0.632. The summed E-state index contributed by atoms with van der Waals surface area (Å²) in [5.74, 6) is 1.14. The van der Waals surface area contributed by atoms with E-state index in [0.29, 0.717) is 18.0 Å². The van der Waals surface area contributed by atoms with Crippen LogP contribution in [-0.4, -0.2) is 33.5 Å². The van der Waals surface area contributed by atoms with Crippen molar-refractivity contribution < 1.29 is 17.9 Å². The minimum absolute atomic E-state index is 0.0830. The van der Waals surface area contributed by atoms with Crippen molar-refractivity contribution in [2.45, 2.75) is 18.4 Å². The topological polar surface area (TPSA) is 55.8 Å². The van der Waals surface area contributed by atoms with Crippen LogP contribution in [0.1, 0.15) is 12.5 Å². The van der Waals surface area contributed by atoms with E-state index in [1.165, 1.54) is 17.5 Å². The van der Waals surface area contributed by atoms with Crippen LogP contribution in [0.3, 0.4) is 0 Å². The minimum Gasteiger partial charge on any atom is -0.493 e. The van der Waals surface area contributed by atoms with Gasteiger partial charge in [-0.25, -0.2) is 8.42 Å². The van der Waals surface area contributed by atoms with E-state index in [-0.39, 0.29) is 16.5 Å². The molecule has 0 aliphatic rings. The summed E-state index contributed by atoms with van der Waals surface area (Å²) in [5.41, 5.74) is 0.788. The van der Waals surface area contributed by atoms with E-state index in [4.69, 9.17) is 21.1 Å². The average Bonchev–Trinajstić information content (AvgIpc) is 2.58. The Kier molecular flexibility index (Phi) is 6.73. The molecule has 25 heavy (non-hydrogen) atoms. The molecule has 2 rings (SSSR count). The van der Waals surface area contributed by atoms with Gasteiger partial charge in [0.2, 0.25) is 10.0 Å². The fourth-order valence-electron chi connectivity index (χ4n) is 2.37. The molecule has 0 atom stereocenters. The SMILES string of the molecule is CCN(Cc1ccc(OC)c(OC)c1)S(=O)(=O)c1ccc(Br)cc1Cl. The highest BCUT2D eigenvalue weighted by Crippen LogP contribution is 2.31. The fourth-order valence-corrected chi connectivity index (χ4v) is 4.82. The first-order chi connectivity index (χ1) is 11.8. The molecule has 0 heterocycles. The molecule has 0 aliphatic heterocycles. The summed E-state index contributed by atoms with van der Waals surface area (Å²) in [4.78, 5) is 0.0830. The van der Waals surface area contributed by atoms with E-state index in [1.807, 2.05) is 6.07 Å². The zero-order valence-electron chi connectivity index (χ0n) is 14.1. The number of sulfonamides is 1. The highest BCUT2D eigenvalue weighted by molar-refractivity contribution is 9.10. The molecule has 0 aliphatic carbocycles. The Labute approximate surface area is 161 Å². The van der Waals surface area contributed by atoms with E-state index >= 15 is 0 Å². The van der Waals surface area contributed by atoms with Crippen LogP contribution >= 0.6 is 27.5 Å². The molecule has 2 aromatic rings. The molecule has 0 saturated heterocycles. The van der Waals surface area contributed by atoms with Gasteiger partial charge in [-0.3, -0.25) is 0 Å². The van der Waals surface area contributed by atoms with Crippen molar-refractivity contribution in [3.05, 3.63) is 51.5 Å². The van der Waals surface area contributed by atoms with Gasteiger partial charge in [-0.05, 0) is 35.9 Å². The zero-order valence-corrected chi connectivity index (χ0v) is 17.3. The summed E-state index contributed by atoms with van der Waals surface area (Å²) in [6.07, 6.45) is 0. The monoisotopic (exact) mass is 447 g/mol. The van der Waals surface area contributed by atoms with Crippen LogP contribution in [-0.2, 0) is 16.6 Å². The molecule has 0 spiro atoms. The third-order valence-electron chi connectivity index (χ3n) is 3.67. The van der Waals surface area contributed by atoms with Gasteiger partial charge in [0.05, 0.1) is 19.2 Å². The number of nitrogens with zero attached hydrogens (tertiary/aromatic N) is 1. The van der Waals surface area contributed by atoms with Gasteiger partial charge in [0.1, 0.15) is 4.90 Å². The van der Waals surface area contributed by atoms with E-state index in [1.54, 1.807) is 38.3 Å². The molecule has 0 aromatic heterocycles. The Balaban J connectivity index is 2.36. The van der Waals surface area contributed by atoms with Crippen LogP contribution in [0.5, 0.6) is 11.5 Å². The van der Waals surface area contributed by atoms with Gasteiger partial charge in [-0.2, -0.15) is 4.31 Å². The predicted molar refractivity (Wildman–Crippen MR) is 102 cm³/mol. The van der Waals surface area contributed by atoms with Gasteiger partial charge >= 0.3 is 0 Å². The first kappa shape index (κ1) is 20.0. The van der Waals surface area contributed by atoms with Crippen molar-refractivity contribution in [3.8, 4) is 11.5 Å². The number of rotatable bonds is 7. The summed E-state index contributed by atoms with van der Waals surface area (Å²) in [5, 5.41) is 0.181. The second kappa shape index (κ2) is 8.40. The first-order valence-corrected chi connectivity index (χ1v) is 10.1. The molecule has 8 heteroatoms. The molecule has 0 radical (unpaired) electrons. The van der Waals surface area contributed by atoms with Crippen molar-refractivity contribution in [2.24, 2.45) is 0 Å². The third-order valence-corrected chi connectivity index (χ3v) is 6.57. The maximum Gasteiger partial charge on any atom is 0.244 e. The van der Waals surface area contributed by atoms with Crippen molar-refractivity contribution in [3.63, 3.8) is 0 Å². The van der Waals surface area contributed by atoms with Crippen molar-refractivity contribution in [1.29, 1.82) is 0 Å². The lowest BCUT2D eigenvalue weighted by molar-refractivity contribution is 0.353. The molecule has 0 N–H and O–H groups in total. The number of hydrogen-bond acceptors (Lipinski definition) is 4. The molecule has 0 fully saturated rings. The van der Waals surface area contributed by atoms with E-state index in [2.05, 4.69) is 15.9 Å². The van der Waals surface area contributed by atoms with Crippen LogP contribution in [0.2, 0.25) is 5.02 Å². The summed E-state index contributed by atoms with van der Waals surface area (Å²) in [6, 6.07) is 10.0. The van der Waals surface area contributed by atoms with Crippen molar-refractivity contribution >= 4 is 37.6 Å². The summed E-state index contributed by atoms with van der Waals surface area (Å²) < 4.78 is 38.5. The Morgan fingerprint density at radius 2 is 1.76 bits per heavy atom. The number of methoxy groups -OCH3 is 2. The zero-order chi connectivity index (χ0) is 18.6. The standard InChI is InChI=1S/C17H19BrClNO4S/c1-4-20(11-12-5-7-15(23-2)16(9-12)24-3)25(21,22)17-8-6-13(18)10-14(17)19/h5-10H,4,11H2,1-3H3. The molecule has 2 aromatic carbocycles. The minimum atomic E-state index is -3.72. The smallest absolute Gasteiger partial charge is 0.244 e. The molecule has 0 bridgehead atoms. The van der Waals surface area contributed by atoms with Gasteiger partial charge in [-0.1, -0.05) is 40.5 Å². The van der Waals surface area contributed by atoms with Gasteiger partial charge in [0.25, 0.3) is 0 Å². The molecule has 0 saturated carbocycles. The van der Waals surface area contributed by atoms with Gasteiger partial charge in [0, 0.05) is 17.6 Å². The van der Waals surface area contributed by atoms with Crippen LogP contribution in [0.25, 0.3) is 0 Å². The lowest BCUT2D eigenvalue weighted by atomic mass is 10.2. The second-order valence-electron chi connectivity index (χ2n) is 5.20. The predicted octanol–water partition coefficient (Wildman–Crippen LogP) is 4.33. The average molecular weight is 449 g/mol. The first-order valence-electron chi connectivity index (χ1n) is 7.49. The molecular weight excluding hydrogens is 430 g/mol. The number of ether oxygens (including phenoxy) is 2. The van der Waals surface area contributed by atoms with Crippen LogP contribution in [0.4, 0.5) is 0 Å². The number of benzene rings is 2. The maximum absolute atomic E-state index is 12.9. The molecule has 0 unspecified atom stereocenters. The Hall–Kier alpha value is -1.28.